The first-order valence-corrected chi connectivity index (χ1v) is 6.57. The van der Waals surface area contributed by atoms with Crippen LogP contribution in [0.5, 0.6) is 0 Å². The maximum atomic E-state index is 11.9. The molecule has 0 bridgehead atoms. The van der Waals surface area contributed by atoms with Crippen molar-refractivity contribution in [3.63, 3.8) is 0 Å². The molecule has 1 aromatic carbocycles. The van der Waals surface area contributed by atoms with Crippen LogP contribution in [0.3, 0.4) is 0 Å². The minimum Gasteiger partial charge on any atom is -0.396 e. The molecule has 5 heteroatoms. The highest BCUT2D eigenvalue weighted by Crippen LogP contribution is 2.20. The maximum Gasteiger partial charge on any atom is 0.267 e. The summed E-state index contributed by atoms with van der Waals surface area (Å²) in [7, 11) is 0. The Hall–Kier alpha value is -1.33. The fourth-order valence-electron chi connectivity index (χ4n) is 1.65. The van der Waals surface area contributed by atoms with Gasteiger partial charge in [0.1, 0.15) is 5.69 Å². The van der Waals surface area contributed by atoms with Gasteiger partial charge in [-0.3, -0.25) is 4.79 Å². The molecule has 0 saturated carbocycles. The number of aliphatic hydroxyl groups excluding tert-OH is 1. The molecule has 1 aromatic heterocycles. The van der Waals surface area contributed by atoms with E-state index in [1.165, 1.54) is 0 Å². The molecule has 4 nitrogen and oxygen atoms in total. The summed E-state index contributed by atoms with van der Waals surface area (Å²) < 4.78 is 0.981. The predicted octanol–water partition coefficient (Wildman–Crippen LogP) is 2.29. The average Bonchev–Trinajstić information content (AvgIpc) is 2.78. The van der Waals surface area contributed by atoms with E-state index in [1.54, 1.807) is 0 Å². The number of benzene rings is 1. The monoisotopic (exact) mass is 310 g/mol. The highest BCUT2D eigenvalue weighted by atomic mass is 79.9. The van der Waals surface area contributed by atoms with Crippen LogP contribution in [0.25, 0.3) is 10.9 Å². The number of amides is 1. The zero-order valence-electron chi connectivity index (χ0n) is 10.0. The summed E-state index contributed by atoms with van der Waals surface area (Å²) in [5, 5.41) is 12.7. The van der Waals surface area contributed by atoms with Crippen LogP contribution in [0.2, 0.25) is 0 Å². The smallest absolute Gasteiger partial charge is 0.267 e. The molecule has 1 atom stereocenters. The second-order valence-corrected chi connectivity index (χ2v) is 5.33. The first kappa shape index (κ1) is 13.1. The lowest BCUT2D eigenvalue weighted by Gasteiger charge is -2.08. The Bertz CT molecular complexity index is 565. The number of aromatic nitrogens is 1. The zero-order chi connectivity index (χ0) is 13.1. The van der Waals surface area contributed by atoms with Crippen molar-refractivity contribution in [1.29, 1.82) is 0 Å². The highest BCUT2D eigenvalue weighted by molar-refractivity contribution is 9.10. The van der Waals surface area contributed by atoms with Crippen LogP contribution in [0.4, 0.5) is 0 Å². The first-order chi connectivity index (χ1) is 8.60. The van der Waals surface area contributed by atoms with Gasteiger partial charge in [-0.2, -0.15) is 0 Å². The largest absolute Gasteiger partial charge is 0.396 e. The van der Waals surface area contributed by atoms with Gasteiger partial charge in [-0.1, -0.05) is 22.9 Å². The van der Waals surface area contributed by atoms with E-state index in [1.807, 2.05) is 31.2 Å². The number of H-pyrrole nitrogens is 1. The molecule has 0 fully saturated rings. The van der Waals surface area contributed by atoms with Gasteiger partial charge in [0, 0.05) is 28.5 Å². The molecule has 1 amide bonds. The van der Waals surface area contributed by atoms with E-state index in [9.17, 15) is 4.79 Å². The summed E-state index contributed by atoms with van der Waals surface area (Å²) >= 11 is 3.40. The van der Waals surface area contributed by atoms with E-state index in [2.05, 4.69) is 26.2 Å². The topological polar surface area (TPSA) is 65.1 Å². The molecule has 18 heavy (non-hydrogen) atoms. The number of nitrogens with one attached hydrogen (secondary N) is 2. The van der Waals surface area contributed by atoms with Crippen molar-refractivity contribution < 1.29 is 9.90 Å². The van der Waals surface area contributed by atoms with Crippen LogP contribution < -0.4 is 5.32 Å². The summed E-state index contributed by atoms with van der Waals surface area (Å²) in [6.45, 7) is 2.41. The molecular formula is C13H15BrN2O2. The van der Waals surface area contributed by atoms with Crippen molar-refractivity contribution in [2.45, 2.75) is 6.92 Å². The Morgan fingerprint density at radius 3 is 3.00 bits per heavy atom. The van der Waals surface area contributed by atoms with Crippen LogP contribution in [0.1, 0.15) is 17.4 Å². The van der Waals surface area contributed by atoms with Gasteiger partial charge in [0.2, 0.25) is 0 Å². The number of aromatic amines is 1. The van der Waals surface area contributed by atoms with Gasteiger partial charge in [0.05, 0.1) is 0 Å². The molecule has 3 N–H and O–H groups in total. The van der Waals surface area contributed by atoms with E-state index in [0.29, 0.717) is 12.2 Å². The summed E-state index contributed by atoms with van der Waals surface area (Å²) in [4.78, 5) is 15.0. The molecular weight excluding hydrogens is 296 g/mol. The molecule has 0 radical (unpaired) electrons. The molecule has 0 spiro atoms. The third-order valence-electron chi connectivity index (χ3n) is 2.75. The molecule has 96 valence electrons. The number of aliphatic hydroxyl groups is 1. The molecule has 1 unspecified atom stereocenters. The van der Waals surface area contributed by atoms with E-state index in [-0.39, 0.29) is 18.4 Å². The number of fused-ring (bicyclic) bond motifs is 1. The molecule has 1 heterocycles. The van der Waals surface area contributed by atoms with Gasteiger partial charge in [-0.15, -0.1) is 0 Å². The molecule has 0 aliphatic carbocycles. The highest BCUT2D eigenvalue weighted by Gasteiger charge is 2.10. The van der Waals surface area contributed by atoms with Gasteiger partial charge in [0.25, 0.3) is 5.91 Å². The summed E-state index contributed by atoms with van der Waals surface area (Å²) in [5.74, 6) is -0.0879. The summed E-state index contributed by atoms with van der Waals surface area (Å²) in [5.41, 5.74) is 1.46. The SMILES string of the molecule is CC(CO)CNC(=O)c1cc2cc(Br)ccc2[nH]1. The van der Waals surface area contributed by atoms with Crippen LogP contribution in [0.15, 0.2) is 28.7 Å². The minimum absolute atomic E-state index is 0.0625. The quantitative estimate of drug-likeness (QED) is 0.811. The second kappa shape index (κ2) is 5.54. The van der Waals surface area contributed by atoms with E-state index in [0.717, 1.165) is 15.4 Å². The van der Waals surface area contributed by atoms with Gasteiger partial charge < -0.3 is 15.4 Å². The summed E-state index contributed by atoms with van der Waals surface area (Å²) in [6, 6.07) is 7.62. The van der Waals surface area contributed by atoms with Crippen molar-refractivity contribution in [2.75, 3.05) is 13.2 Å². The molecule has 2 aromatic rings. The Labute approximate surface area is 114 Å². The molecule has 0 aliphatic rings. The van der Waals surface area contributed by atoms with Crippen molar-refractivity contribution in [3.8, 4) is 0 Å². The van der Waals surface area contributed by atoms with Gasteiger partial charge >= 0.3 is 0 Å². The van der Waals surface area contributed by atoms with Crippen LogP contribution in [-0.4, -0.2) is 29.1 Å². The van der Waals surface area contributed by atoms with E-state index >= 15 is 0 Å². The Morgan fingerprint density at radius 1 is 1.50 bits per heavy atom. The predicted molar refractivity (Wildman–Crippen MR) is 74.6 cm³/mol. The lowest BCUT2D eigenvalue weighted by Crippen LogP contribution is -2.29. The molecule has 0 aliphatic heterocycles. The van der Waals surface area contributed by atoms with Crippen molar-refractivity contribution in [2.24, 2.45) is 5.92 Å². The van der Waals surface area contributed by atoms with Gasteiger partial charge in [-0.25, -0.2) is 0 Å². The van der Waals surface area contributed by atoms with E-state index in [4.69, 9.17) is 5.11 Å². The fraction of sp³-hybridized carbons (Fsp3) is 0.308. The number of rotatable bonds is 4. The van der Waals surface area contributed by atoms with Crippen molar-refractivity contribution in [1.82, 2.24) is 10.3 Å². The molecule has 2 rings (SSSR count). The van der Waals surface area contributed by atoms with Crippen molar-refractivity contribution >= 4 is 32.7 Å². The van der Waals surface area contributed by atoms with Crippen LogP contribution in [-0.2, 0) is 0 Å². The Morgan fingerprint density at radius 2 is 2.28 bits per heavy atom. The standard InChI is InChI=1S/C13H15BrN2O2/c1-8(7-17)6-15-13(18)12-5-9-4-10(14)2-3-11(9)16-12/h2-5,8,16-17H,6-7H2,1H3,(H,15,18). The second-order valence-electron chi connectivity index (χ2n) is 4.41. The average molecular weight is 311 g/mol. The summed E-state index contributed by atoms with van der Waals surface area (Å²) in [6.07, 6.45) is 0. The van der Waals surface area contributed by atoms with Crippen molar-refractivity contribution in [3.05, 3.63) is 34.4 Å². The normalized spacial score (nSPS) is 12.6. The molecule has 0 saturated heterocycles. The van der Waals surface area contributed by atoms with E-state index < -0.39 is 0 Å². The first-order valence-electron chi connectivity index (χ1n) is 5.77. The Balaban J connectivity index is 2.13. The Kier molecular flexibility index (Phi) is 4.04. The zero-order valence-corrected chi connectivity index (χ0v) is 11.6. The number of hydrogen-bond acceptors (Lipinski definition) is 2. The van der Waals surface area contributed by atoms with Gasteiger partial charge in [-0.05, 0) is 30.2 Å². The third kappa shape index (κ3) is 2.91. The number of hydrogen-bond donors (Lipinski definition) is 3. The minimum atomic E-state index is -0.150. The van der Waals surface area contributed by atoms with Crippen LogP contribution >= 0.6 is 15.9 Å². The fourth-order valence-corrected chi connectivity index (χ4v) is 2.03. The maximum absolute atomic E-state index is 11.9. The lowest BCUT2D eigenvalue weighted by molar-refractivity contribution is 0.0938. The number of carbonyl (C=O) groups is 1. The van der Waals surface area contributed by atoms with Crippen LogP contribution in [0, 0.1) is 5.92 Å². The lowest BCUT2D eigenvalue weighted by atomic mass is 10.2. The van der Waals surface area contributed by atoms with Gasteiger partial charge in [0.15, 0.2) is 0 Å². The number of carbonyl (C=O) groups excluding carboxylic acids is 1. The number of halogens is 1. The third-order valence-corrected chi connectivity index (χ3v) is 3.24.